The predicted octanol–water partition coefficient (Wildman–Crippen LogP) is 2.92. The van der Waals surface area contributed by atoms with Crippen molar-refractivity contribution in [3.8, 4) is 0 Å². The van der Waals surface area contributed by atoms with Crippen LogP contribution in [0.4, 0.5) is 0 Å². The lowest BCUT2D eigenvalue weighted by Crippen LogP contribution is -2.46. The highest BCUT2D eigenvalue weighted by molar-refractivity contribution is 5.79. The van der Waals surface area contributed by atoms with Gasteiger partial charge in [0.2, 0.25) is 5.91 Å². The highest BCUT2D eigenvalue weighted by Crippen LogP contribution is 2.26. The highest BCUT2D eigenvalue weighted by atomic mass is 16.5. The second-order valence-corrected chi connectivity index (χ2v) is 6.28. The number of morpholine rings is 1. The average molecular weight is 324 g/mol. The topological polar surface area (TPSA) is 55.6 Å². The molecule has 1 heterocycles. The first-order valence-electron chi connectivity index (χ1n) is 8.42. The lowest BCUT2D eigenvalue weighted by Gasteiger charge is -2.35. The van der Waals surface area contributed by atoms with Crippen molar-refractivity contribution < 1.29 is 9.53 Å². The third-order valence-electron chi connectivity index (χ3n) is 4.66. The molecule has 126 valence electrons. The molecular formula is C20H24N2O2. The maximum absolute atomic E-state index is 12.9. The predicted molar refractivity (Wildman–Crippen MR) is 94.2 cm³/mol. The second-order valence-electron chi connectivity index (χ2n) is 6.28. The average Bonchev–Trinajstić information content (AvgIpc) is 2.67. The van der Waals surface area contributed by atoms with E-state index >= 15 is 0 Å². The van der Waals surface area contributed by atoms with Gasteiger partial charge >= 0.3 is 0 Å². The first-order valence-corrected chi connectivity index (χ1v) is 8.42. The van der Waals surface area contributed by atoms with Crippen molar-refractivity contribution in [2.75, 3.05) is 19.7 Å². The summed E-state index contributed by atoms with van der Waals surface area (Å²) < 4.78 is 5.84. The van der Waals surface area contributed by atoms with E-state index in [1.54, 1.807) is 0 Å². The molecule has 2 aromatic carbocycles. The van der Waals surface area contributed by atoms with Gasteiger partial charge < -0.3 is 15.4 Å². The summed E-state index contributed by atoms with van der Waals surface area (Å²) in [5, 5.41) is 0. The van der Waals surface area contributed by atoms with E-state index in [1.807, 2.05) is 72.5 Å². The molecule has 2 N–H and O–H groups in total. The fourth-order valence-electron chi connectivity index (χ4n) is 3.12. The van der Waals surface area contributed by atoms with Gasteiger partial charge in [-0.05, 0) is 11.1 Å². The number of rotatable bonds is 4. The molecule has 3 rings (SSSR count). The molecule has 1 aliphatic rings. The monoisotopic (exact) mass is 324 g/mol. The Morgan fingerprint density at radius 2 is 1.75 bits per heavy atom. The van der Waals surface area contributed by atoms with Crippen LogP contribution >= 0.6 is 0 Å². The fraction of sp³-hybridized carbons (Fsp3) is 0.350. The van der Waals surface area contributed by atoms with Crippen LogP contribution in [-0.4, -0.2) is 30.5 Å². The first-order chi connectivity index (χ1) is 11.7. The minimum absolute atomic E-state index is 0.0657. The van der Waals surface area contributed by atoms with E-state index in [-0.39, 0.29) is 24.0 Å². The van der Waals surface area contributed by atoms with Crippen LogP contribution in [0.3, 0.4) is 0 Å². The molecule has 0 saturated carbocycles. The number of ether oxygens (including phenoxy) is 1. The number of hydrogen-bond donors (Lipinski definition) is 1. The summed E-state index contributed by atoms with van der Waals surface area (Å²) in [6, 6.07) is 19.6. The van der Waals surface area contributed by atoms with Crippen LogP contribution in [0, 0.1) is 5.92 Å². The molecule has 1 amide bonds. The van der Waals surface area contributed by atoms with Crippen LogP contribution in [0.1, 0.15) is 30.2 Å². The van der Waals surface area contributed by atoms with Gasteiger partial charge in [0.15, 0.2) is 0 Å². The Hall–Kier alpha value is -2.17. The number of carbonyl (C=O) groups is 1. The molecule has 4 nitrogen and oxygen atoms in total. The zero-order valence-electron chi connectivity index (χ0n) is 14.0. The van der Waals surface area contributed by atoms with Crippen LogP contribution in [0.2, 0.25) is 0 Å². The molecule has 0 aromatic heterocycles. The Morgan fingerprint density at radius 3 is 2.42 bits per heavy atom. The van der Waals surface area contributed by atoms with Gasteiger partial charge in [0.25, 0.3) is 0 Å². The molecule has 0 unspecified atom stereocenters. The van der Waals surface area contributed by atoms with Crippen LogP contribution in [0.15, 0.2) is 60.7 Å². The molecule has 3 atom stereocenters. The molecule has 0 aliphatic carbocycles. The van der Waals surface area contributed by atoms with Crippen LogP contribution < -0.4 is 5.73 Å². The molecule has 0 bridgehead atoms. The third-order valence-corrected chi connectivity index (χ3v) is 4.66. The maximum Gasteiger partial charge on any atom is 0.227 e. The van der Waals surface area contributed by atoms with Crippen molar-refractivity contribution in [1.29, 1.82) is 0 Å². The zero-order chi connectivity index (χ0) is 16.9. The van der Waals surface area contributed by atoms with Gasteiger partial charge in [0.05, 0.1) is 19.1 Å². The largest absolute Gasteiger partial charge is 0.370 e. The summed E-state index contributed by atoms with van der Waals surface area (Å²) in [6.07, 6.45) is -0.0657. The summed E-state index contributed by atoms with van der Waals surface area (Å²) >= 11 is 0. The number of nitrogens with two attached hydrogens (primary N) is 1. The summed E-state index contributed by atoms with van der Waals surface area (Å²) in [4.78, 5) is 14.8. The Morgan fingerprint density at radius 1 is 1.12 bits per heavy atom. The van der Waals surface area contributed by atoms with Crippen LogP contribution in [0.5, 0.6) is 0 Å². The lowest BCUT2D eigenvalue weighted by atomic mass is 9.93. The van der Waals surface area contributed by atoms with Gasteiger partial charge in [-0.25, -0.2) is 0 Å². The molecule has 1 saturated heterocycles. The molecule has 0 spiro atoms. The van der Waals surface area contributed by atoms with Gasteiger partial charge in [0.1, 0.15) is 6.10 Å². The zero-order valence-corrected chi connectivity index (χ0v) is 14.0. The molecule has 0 radical (unpaired) electrons. The number of carbonyl (C=O) groups excluding carboxylic acids is 1. The summed E-state index contributed by atoms with van der Waals surface area (Å²) in [5.74, 6) is -0.169. The minimum Gasteiger partial charge on any atom is -0.370 e. The Balaban J connectivity index is 1.68. The van der Waals surface area contributed by atoms with E-state index in [1.165, 1.54) is 0 Å². The number of hydrogen-bond acceptors (Lipinski definition) is 3. The second kappa shape index (κ2) is 7.60. The molecule has 1 aliphatic heterocycles. The van der Waals surface area contributed by atoms with Crippen molar-refractivity contribution >= 4 is 5.91 Å². The van der Waals surface area contributed by atoms with E-state index < -0.39 is 0 Å². The summed E-state index contributed by atoms with van der Waals surface area (Å²) in [5.41, 5.74) is 8.41. The van der Waals surface area contributed by atoms with Crippen molar-refractivity contribution in [2.24, 2.45) is 11.7 Å². The lowest BCUT2D eigenvalue weighted by molar-refractivity contribution is -0.143. The van der Waals surface area contributed by atoms with E-state index in [0.717, 1.165) is 11.1 Å². The normalized spacial score (nSPS) is 20.4. The third kappa shape index (κ3) is 3.66. The molecule has 4 heteroatoms. The summed E-state index contributed by atoms with van der Waals surface area (Å²) in [6.45, 7) is 3.66. The smallest absolute Gasteiger partial charge is 0.227 e. The molecule has 2 aromatic rings. The standard InChI is InChI=1S/C20H24N2O2/c1-15(19(21)17-10-6-3-7-11-17)20(23)22-12-13-24-18(14-22)16-8-4-2-5-9-16/h2-11,15,18-19H,12-14,21H2,1H3/t15-,18-,19-/m0/s1. The van der Waals surface area contributed by atoms with Gasteiger partial charge in [-0.1, -0.05) is 67.6 Å². The van der Waals surface area contributed by atoms with Crippen LogP contribution in [0.25, 0.3) is 0 Å². The van der Waals surface area contributed by atoms with E-state index in [0.29, 0.717) is 19.7 Å². The van der Waals surface area contributed by atoms with E-state index in [4.69, 9.17) is 10.5 Å². The van der Waals surface area contributed by atoms with Crippen molar-refractivity contribution in [3.05, 3.63) is 71.8 Å². The van der Waals surface area contributed by atoms with E-state index in [2.05, 4.69) is 0 Å². The Kier molecular flexibility index (Phi) is 5.28. The fourth-order valence-corrected chi connectivity index (χ4v) is 3.12. The van der Waals surface area contributed by atoms with Crippen molar-refractivity contribution in [3.63, 3.8) is 0 Å². The Bertz CT molecular complexity index is 660. The molecular weight excluding hydrogens is 300 g/mol. The number of amides is 1. The Labute approximate surface area is 143 Å². The highest BCUT2D eigenvalue weighted by Gasteiger charge is 2.31. The number of benzene rings is 2. The molecule has 1 fully saturated rings. The number of nitrogens with zero attached hydrogens (tertiary/aromatic N) is 1. The first kappa shape index (κ1) is 16.7. The molecule has 24 heavy (non-hydrogen) atoms. The quantitative estimate of drug-likeness (QED) is 0.941. The SMILES string of the molecule is C[C@H](C(=O)N1CCO[C@H](c2ccccc2)C1)[C@H](N)c1ccccc1. The van der Waals surface area contributed by atoms with Gasteiger partial charge in [0, 0.05) is 12.6 Å². The van der Waals surface area contributed by atoms with Crippen molar-refractivity contribution in [2.45, 2.75) is 19.1 Å². The van der Waals surface area contributed by atoms with Crippen molar-refractivity contribution in [1.82, 2.24) is 4.90 Å². The van der Waals surface area contributed by atoms with Gasteiger partial charge in [-0.2, -0.15) is 0 Å². The van der Waals surface area contributed by atoms with Gasteiger partial charge in [-0.3, -0.25) is 4.79 Å². The maximum atomic E-state index is 12.9. The van der Waals surface area contributed by atoms with Crippen LogP contribution in [-0.2, 0) is 9.53 Å². The minimum atomic E-state index is -0.295. The summed E-state index contributed by atoms with van der Waals surface area (Å²) in [7, 11) is 0. The van der Waals surface area contributed by atoms with E-state index in [9.17, 15) is 4.79 Å². The van der Waals surface area contributed by atoms with Gasteiger partial charge in [-0.15, -0.1) is 0 Å².